The molecule has 3 aromatic rings. The van der Waals surface area contributed by atoms with Crippen LogP contribution < -0.4 is 5.73 Å². The van der Waals surface area contributed by atoms with Gasteiger partial charge in [0.15, 0.2) is 16.6 Å². The molecular formula is C9H8N6S. The predicted octanol–water partition coefficient (Wildman–Crippen LogP) is 1.14. The molecule has 6 nitrogen and oxygen atoms in total. The number of hydrogen-bond acceptors (Lipinski definition) is 6. The minimum absolute atomic E-state index is 0.540. The van der Waals surface area contributed by atoms with E-state index in [0.717, 1.165) is 16.4 Å². The van der Waals surface area contributed by atoms with Crippen molar-refractivity contribution in [3.8, 4) is 10.7 Å². The van der Waals surface area contributed by atoms with E-state index in [1.807, 2.05) is 17.5 Å². The lowest BCUT2D eigenvalue weighted by Gasteiger charge is -1.95. The Morgan fingerprint density at radius 1 is 1.38 bits per heavy atom. The summed E-state index contributed by atoms with van der Waals surface area (Å²) in [7, 11) is 0. The minimum atomic E-state index is 0.540. The van der Waals surface area contributed by atoms with Crippen molar-refractivity contribution in [1.82, 2.24) is 24.6 Å². The topological polar surface area (TPSA) is 82.0 Å². The molecule has 0 amide bonds. The molecule has 2 N–H and O–H groups in total. The summed E-state index contributed by atoms with van der Waals surface area (Å²) in [6.45, 7) is 1.91. The van der Waals surface area contributed by atoms with Crippen LogP contribution in [0.25, 0.3) is 16.3 Å². The first-order valence-corrected chi connectivity index (χ1v) is 5.45. The van der Waals surface area contributed by atoms with Crippen molar-refractivity contribution < 1.29 is 0 Å². The van der Waals surface area contributed by atoms with Gasteiger partial charge in [0.25, 0.3) is 0 Å². The third kappa shape index (κ3) is 1.25. The summed E-state index contributed by atoms with van der Waals surface area (Å²) in [5.41, 5.74) is 7.25. The van der Waals surface area contributed by atoms with Gasteiger partial charge >= 0.3 is 0 Å². The molecule has 0 saturated heterocycles. The average molecular weight is 232 g/mol. The van der Waals surface area contributed by atoms with Crippen LogP contribution in [0.1, 0.15) is 5.69 Å². The van der Waals surface area contributed by atoms with E-state index in [1.54, 1.807) is 12.4 Å². The van der Waals surface area contributed by atoms with Crippen LogP contribution in [0.15, 0.2) is 18.6 Å². The van der Waals surface area contributed by atoms with Crippen LogP contribution >= 0.6 is 11.3 Å². The highest BCUT2D eigenvalue weighted by Gasteiger charge is 2.14. The van der Waals surface area contributed by atoms with Crippen LogP contribution in [0.4, 0.5) is 5.13 Å². The van der Waals surface area contributed by atoms with Crippen molar-refractivity contribution in [2.45, 2.75) is 6.92 Å². The van der Waals surface area contributed by atoms with Crippen LogP contribution in [0.2, 0.25) is 0 Å². The quantitative estimate of drug-likeness (QED) is 0.680. The number of nitrogen functional groups attached to an aromatic ring is 1. The molecule has 0 saturated carbocycles. The average Bonchev–Trinajstić information content (AvgIpc) is 2.81. The molecule has 0 aliphatic heterocycles. The van der Waals surface area contributed by atoms with E-state index >= 15 is 0 Å². The second-order valence-corrected chi connectivity index (χ2v) is 4.33. The number of nitrogens with two attached hydrogens (primary N) is 1. The molecule has 0 fully saturated rings. The molecule has 0 bridgehead atoms. The van der Waals surface area contributed by atoms with E-state index in [4.69, 9.17) is 5.73 Å². The second kappa shape index (κ2) is 3.24. The zero-order valence-corrected chi connectivity index (χ0v) is 9.27. The first-order chi connectivity index (χ1) is 7.75. The van der Waals surface area contributed by atoms with Crippen molar-refractivity contribution in [1.29, 1.82) is 0 Å². The Morgan fingerprint density at radius 2 is 2.25 bits per heavy atom. The van der Waals surface area contributed by atoms with E-state index in [0.29, 0.717) is 10.8 Å². The van der Waals surface area contributed by atoms with Gasteiger partial charge in [0, 0.05) is 12.4 Å². The number of aryl methyl sites for hydroxylation is 1. The molecular weight excluding hydrogens is 224 g/mol. The number of aromatic nitrogens is 5. The van der Waals surface area contributed by atoms with E-state index < -0.39 is 0 Å². The summed E-state index contributed by atoms with van der Waals surface area (Å²) >= 11 is 1.41. The van der Waals surface area contributed by atoms with Gasteiger partial charge in [-0.3, -0.25) is 9.38 Å². The van der Waals surface area contributed by atoms with E-state index in [-0.39, 0.29) is 0 Å². The minimum Gasteiger partial charge on any atom is -0.375 e. The van der Waals surface area contributed by atoms with Crippen molar-refractivity contribution >= 4 is 22.1 Å². The van der Waals surface area contributed by atoms with Crippen LogP contribution in [0.3, 0.4) is 0 Å². The molecule has 7 heteroatoms. The van der Waals surface area contributed by atoms with E-state index in [9.17, 15) is 0 Å². The lowest BCUT2D eigenvalue weighted by atomic mass is 10.4. The van der Waals surface area contributed by atoms with E-state index in [1.165, 1.54) is 11.3 Å². The van der Waals surface area contributed by atoms with Crippen LogP contribution in [-0.4, -0.2) is 24.6 Å². The van der Waals surface area contributed by atoms with Crippen LogP contribution in [-0.2, 0) is 0 Å². The number of anilines is 1. The SMILES string of the molecule is Cc1nc(N)sc1-c1nnc2cnccn12. The van der Waals surface area contributed by atoms with Crippen LogP contribution in [0, 0.1) is 6.92 Å². The normalized spacial score (nSPS) is 11.1. The van der Waals surface area contributed by atoms with Gasteiger partial charge in [-0.05, 0) is 6.92 Å². The molecule has 0 aliphatic carbocycles. The Hall–Kier alpha value is -2.02. The van der Waals surface area contributed by atoms with Gasteiger partial charge in [-0.1, -0.05) is 11.3 Å². The summed E-state index contributed by atoms with van der Waals surface area (Å²) in [6, 6.07) is 0. The Bertz CT molecular complexity index is 655. The maximum absolute atomic E-state index is 5.67. The van der Waals surface area contributed by atoms with Crippen LogP contribution in [0.5, 0.6) is 0 Å². The lowest BCUT2D eigenvalue weighted by Crippen LogP contribution is -1.89. The molecule has 3 heterocycles. The zero-order valence-electron chi connectivity index (χ0n) is 8.45. The molecule has 80 valence electrons. The largest absolute Gasteiger partial charge is 0.375 e. The molecule has 0 atom stereocenters. The number of fused-ring (bicyclic) bond motifs is 1. The van der Waals surface area contributed by atoms with Gasteiger partial charge in [-0.2, -0.15) is 0 Å². The van der Waals surface area contributed by atoms with Gasteiger partial charge in [-0.25, -0.2) is 4.98 Å². The highest BCUT2D eigenvalue weighted by Crippen LogP contribution is 2.29. The Balaban J connectivity index is 2.30. The molecule has 0 radical (unpaired) electrons. The Morgan fingerprint density at radius 3 is 3.00 bits per heavy atom. The highest BCUT2D eigenvalue weighted by molar-refractivity contribution is 7.18. The molecule has 0 unspecified atom stereocenters. The Kier molecular flexibility index (Phi) is 1.87. The fourth-order valence-electron chi connectivity index (χ4n) is 1.53. The molecule has 3 rings (SSSR count). The lowest BCUT2D eigenvalue weighted by molar-refractivity contribution is 1.11. The zero-order chi connectivity index (χ0) is 11.1. The van der Waals surface area contributed by atoms with E-state index in [2.05, 4.69) is 20.2 Å². The summed E-state index contributed by atoms with van der Waals surface area (Å²) in [5, 5.41) is 8.70. The first-order valence-electron chi connectivity index (χ1n) is 4.64. The molecule has 0 aliphatic rings. The van der Waals surface area contributed by atoms with Crippen molar-refractivity contribution in [3.05, 3.63) is 24.3 Å². The summed E-state index contributed by atoms with van der Waals surface area (Å²) in [5.74, 6) is 0.754. The van der Waals surface area contributed by atoms with Gasteiger partial charge < -0.3 is 5.73 Å². The maximum atomic E-state index is 5.67. The maximum Gasteiger partial charge on any atom is 0.180 e. The summed E-state index contributed by atoms with van der Waals surface area (Å²) in [4.78, 5) is 9.10. The molecule has 3 aromatic heterocycles. The fraction of sp³-hybridized carbons (Fsp3) is 0.111. The number of hydrogen-bond donors (Lipinski definition) is 1. The van der Waals surface area contributed by atoms with Crippen molar-refractivity contribution in [2.24, 2.45) is 0 Å². The van der Waals surface area contributed by atoms with Gasteiger partial charge in [0.2, 0.25) is 0 Å². The number of thiazole rings is 1. The highest BCUT2D eigenvalue weighted by atomic mass is 32.1. The summed E-state index contributed by atoms with van der Waals surface area (Å²) < 4.78 is 1.87. The molecule has 0 aromatic carbocycles. The number of rotatable bonds is 1. The Labute approximate surface area is 94.8 Å². The van der Waals surface area contributed by atoms with Gasteiger partial charge in [0.05, 0.1) is 16.8 Å². The predicted molar refractivity (Wildman–Crippen MR) is 61.0 cm³/mol. The monoisotopic (exact) mass is 232 g/mol. The molecule has 16 heavy (non-hydrogen) atoms. The van der Waals surface area contributed by atoms with Crippen molar-refractivity contribution in [3.63, 3.8) is 0 Å². The van der Waals surface area contributed by atoms with Crippen molar-refractivity contribution in [2.75, 3.05) is 5.73 Å². The fourth-order valence-corrected chi connectivity index (χ4v) is 2.35. The second-order valence-electron chi connectivity index (χ2n) is 3.29. The third-order valence-corrected chi connectivity index (χ3v) is 3.21. The smallest absolute Gasteiger partial charge is 0.180 e. The number of nitrogens with zero attached hydrogens (tertiary/aromatic N) is 5. The van der Waals surface area contributed by atoms with Gasteiger partial charge in [-0.15, -0.1) is 10.2 Å². The van der Waals surface area contributed by atoms with Gasteiger partial charge in [0.1, 0.15) is 0 Å². The molecule has 0 spiro atoms. The third-order valence-electron chi connectivity index (χ3n) is 2.23. The first kappa shape index (κ1) is 9.22. The standard InChI is InChI=1S/C9H8N6S/c1-5-7(16-9(10)12-5)8-14-13-6-4-11-2-3-15(6)8/h2-4H,1H3,(H2,10,12). The summed E-state index contributed by atoms with van der Waals surface area (Å²) in [6.07, 6.45) is 5.18.